The summed E-state index contributed by atoms with van der Waals surface area (Å²) >= 11 is 0. The smallest absolute Gasteiger partial charge is 0.321 e. The van der Waals surface area contributed by atoms with Gasteiger partial charge < -0.3 is 21.3 Å². The Labute approximate surface area is 77.9 Å². The fourth-order valence-electron chi connectivity index (χ4n) is 0.877. The highest BCUT2D eigenvalue weighted by atomic mass is 16.4. The standard InChI is InChI=1S/C8H18N2O3/c1-5(2)7(4-11)10-3-6(9)8(12)13/h5-7,10-11H,3-4,9H2,1-2H3,(H,12,13)/t6?,7-/m1/s1. The summed E-state index contributed by atoms with van der Waals surface area (Å²) in [4.78, 5) is 10.3. The summed E-state index contributed by atoms with van der Waals surface area (Å²) in [6.07, 6.45) is 0. The molecule has 0 aromatic carbocycles. The Hall–Kier alpha value is -0.650. The Morgan fingerprint density at radius 2 is 2.08 bits per heavy atom. The van der Waals surface area contributed by atoms with E-state index in [9.17, 15) is 4.79 Å². The van der Waals surface area contributed by atoms with Crippen molar-refractivity contribution in [2.24, 2.45) is 11.7 Å². The summed E-state index contributed by atoms with van der Waals surface area (Å²) in [5.74, 6) is -0.779. The maximum absolute atomic E-state index is 10.3. The molecular formula is C8H18N2O3. The van der Waals surface area contributed by atoms with Crippen molar-refractivity contribution in [1.82, 2.24) is 5.32 Å². The molecule has 0 bridgehead atoms. The molecule has 5 nitrogen and oxygen atoms in total. The van der Waals surface area contributed by atoms with Crippen LogP contribution in [0.15, 0.2) is 0 Å². The van der Waals surface area contributed by atoms with Crippen molar-refractivity contribution >= 4 is 5.97 Å². The molecule has 1 unspecified atom stereocenters. The zero-order chi connectivity index (χ0) is 10.4. The number of aliphatic hydroxyl groups excluding tert-OH is 1. The van der Waals surface area contributed by atoms with E-state index in [0.29, 0.717) is 0 Å². The molecule has 78 valence electrons. The number of aliphatic hydroxyl groups is 1. The van der Waals surface area contributed by atoms with Crippen LogP contribution in [0.1, 0.15) is 13.8 Å². The van der Waals surface area contributed by atoms with Gasteiger partial charge in [0.25, 0.3) is 0 Å². The van der Waals surface area contributed by atoms with Gasteiger partial charge in [0.15, 0.2) is 0 Å². The number of hydrogen-bond acceptors (Lipinski definition) is 4. The van der Waals surface area contributed by atoms with Crippen molar-refractivity contribution in [3.05, 3.63) is 0 Å². The van der Waals surface area contributed by atoms with Gasteiger partial charge >= 0.3 is 5.97 Å². The molecule has 0 heterocycles. The van der Waals surface area contributed by atoms with Crippen molar-refractivity contribution in [3.8, 4) is 0 Å². The van der Waals surface area contributed by atoms with Crippen molar-refractivity contribution in [3.63, 3.8) is 0 Å². The predicted molar refractivity (Wildman–Crippen MR) is 49.3 cm³/mol. The van der Waals surface area contributed by atoms with Gasteiger partial charge in [-0.1, -0.05) is 13.8 Å². The van der Waals surface area contributed by atoms with Crippen LogP contribution in [-0.4, -0.2) is 41.4 Å². The number of carboxylic acid groups (broad SMARTS) is 1. The molecule has 0 aliphatic heterocycles. The lowest BCUT2D eigenvalue weighted by atomic mass is 10.1. The second-order valence-electron chi connectivity index (χ2n) is 3.39. The number of carboxylic acids is 1. The quantitative estimate of drug-likeness (QED) is 0.431. The molecule has 0 radical (unpaired) electrons. The predicted octanol–water partition coefficient (Wildman–Crippen LogP) is -0.995. The van der Waals surface area contributed by atoms with Crippen LogP contribution >= 0.6 is 0 Å². The first kappa shape index (κ1) is 12.3. The van der Waals surface area contributed by atoms with Crippen LogP contribution in [0.4, 0.5) is 0 Å². The minimum atomic E-state index is -1.03. The zero-order valence-electron chi connectivity index (χ0n) is 8.03. The van der Waals surface area contributed by atoms with E-state index in [1.807, 2.05) is 13.8 Å². The number of nitrogens with two attached hydrogens (primary N) is 1. The van der Waals surface area contributed by atoms with Gasteiger partial charge in [0.1, 0.15) is 6.04 Å². The molecule has 0 saturated carbocycles. The van der Waals surface area contributed by atoms with Crippen LogP contribution < -0.4 is 11.1 Å². The van der Waals surface area contributed by atoms with E-state index in [2.05, 4.69) is 5.32 Å². The minimum absolute atomic E-state index is 0.00991. The molecule has 5 heteroatoms. The van der Waals surface area contributed by atoms with Crippen LogP contribution in [-0.2, 0) is 4.79 Å². The van der Waals surface area contributed by atoms with Crippen molar-refractivity contribution in [1.29, 1.82) is 0 Å². The molecule has 0 aliphatic rings. The van der Waals surface area contributed by atoms with E-state index in [0.717, 1.165) is 0 Å². The maximum Gasteiger partial charge on any atom is 0.321 e. The Kier molecular flexibility index (Phi) is 5.61. The van der Waals surface area contributed by atoms with Gasteiger partial charge in [-0.3, -0.25) is 4.79 Å². The Morgan fingerprint density at radius 1 is 1.54 bits per heavy atom. The molecule has 0 spiro atoms. The highest BCUT2D eigenvalue weighted by molar-refractivity contribution is 5.73. The molecule has 0 amide bonds. The largest absolute Gasteiger partial charge is 0.480 e. The molecule has 0 aromatic heterocycles. The number of nitrogens with one attached hydrogen (secondary N) is 1. The Morgan fingerprint density at radius 3 is 2.38 bits per heavy atom. The van der Waals surface area contributed by atoms with Crippen LogP contribution in [0.2, 0.25) is 0 Å². The molecule has 0 fully saturated rings. The van der Waals surface area contributed by atoms with Crippen molar-refractivity contribution in [2.45, 2.75) is 25.9 Å². The Balaban J connectivity index is 3.78. The zero-order valence-corrected chi connectivity index (χ0v) is 8.03. The van der Waals surface area contributed by atoms with Crippen LogP contribution in [0.25, 0.3) is 0 Å². The topological polar surface area (TPSA) is 95.6 Å². The third-order valence-corrected chi connectivity index (χ3v) is 1.92. The van der Waals surface area contributed by atoms with Gasteiger partial charge in [0.2, 0.25) is 0 Å². The summed E-state index contributed by atoms with van der Waals surface area (Å²) in [6.45, 7) is 4.06. The van der Waals surface area contributed by atoms with Gasteiger partial charge in [-0.25, -0.2) is 0 Å². The lowest BCUT2D eigenvalue weighted by Crippen LogP contribution is -2.46. The van der Waals surface area contributed by atoms with E-state index >= 15 is 0 Å². The van der Waals surface area contributed by atoms with Crippen molar-refractivity contribution < 1.29 is 15.0 Å². The van der Waals surface area contributed by atoms with E-state index in [1.165, 1.54) is 0 Å². The van der Waals surface area contributed by atoms with Gasteiger partial charge in [0.05, 0.1) is 6.61 Å². The summed E-state index contributed by atoms with van der Waals surface area (Å²) < 4.78 is 0. The number of hydrogen-bond donors (Lipinski definition) is 4. The summed E-state index contributed by atoms with van der Waals surface area (Å²) in [7, 11) is 0. The fraction of sp³-hybridized carbons (Fsp3) is 0.875. The number of aliphatic carboxylic acids is 1. The van der Waals surface area contributed by atoms with Crippen LogP contribution in [0.5, 0.6) is 0 Å². The molecule has 13 heavy (non-hydrogen) atoms. The molecule has 0 rings (SSSR count). The lowest BCUT2D eigenvalue weighted by Gasteiger charge is -2.20. The van der Waals surface area contributed by atoms with E-state index in [4.69, 9.17) is 15.9 Å². The first-order valence-electron chi connectivity index (χ1n) is 4.31. The van der Waals surface area contributed by atoms with Crippen LogP contribution in [0.3, 0.4) is 0 Å². The minimum Gasteiger partial charge on any atom is -0.480 e. The molecule has 0 saturated heterocycles. The average Bonchev–Trinajstić information content (AvgIpc) is 2.04. The molecule has 0 aliphatic carbocycles. The highest BCUT2D eigenvalue weighted by Gasteiger charge is 2.16. The first-order chi connectivity index (χ1) is 5.99. The second kappa shape index (κ2) is 5.90. The fourth-order valence-corrected chi connectivity index (χ4v) is 0.877. The van der Waals surface area contributed by atoms with Gasteiger partial charge in [-0.15, -0.1) is 0 Å². The van der Waals surface area contributed by atoms with Gasteiger partial charge in [0, 0.05) is 12.6 Å². The maximum atomic E-state index is 10.3. The summed E-state index contributed by atoms with van der Waals surface area (Å²) in [6, 6.07) is -1.00. The third-order valence-electron chi connectivity index (χ3n) is 1.92. The van der Waals surface area contributed by atoms with E-state index in [-0.39, 0.29) is 25.1 Å². The normalized spacial score (nSPS) is 15.8. The van der Waals surface area contributed by atoms with E-state index in [1.54, 1.807) is 0 Å². The molecular weight excluding hydrogens is 172 g/mol. The summed E-state index contributed by atoms with van der Waals surface area (Å²) in [5.41, 5.74) is 5.28. The Bertz CT molecular complexity index is 161. The van der Waals surface area contributed by atoms with E-state index < -0.39 is 12.0 Å². The van der Waals surface area contributed by atoms with Gasteiger partial charge in [-0.2, -0.15) is 0 Å². The summed E-state index contributed by atoms with van der Waals surface area (Å²) in [5, 5.41) is 20.3. The monoisotopic (exact) mass is 190 g/mol. The second-order valence-corrected chi connectivity index (χ2v) is 3.39. The lowest BCUT2D eigenvalue weighted by molar-refractivity contribution is -0.138. The molecule has 2 atom stereocenters. The van der Waals surface area contributed by atoms with Crippen molar-refractivity contribution in [2.75, 3.05) is 13.2 Å². The number of carbonyl (C=O) groups is 1. The first-order valence-corrected chi connectivity index (χ1v) is 4.31. The van der Waals surface area contributed by atoms with Crippen LogP contribution in [0, 0.1) is 5.92 Å². The average molecular weight is 190 g/mol. The molecule has 0 aromatic rings. The van der Waals surface area contributed by atoms with Gasteiger partial charge in [-0.05, 0) is 5.92 Å². The highest BCUT2D eigenvalue weighted by Crippen LogP contribution is 1.99. The SMILES string of the molecule is CC(C)[C@@H](CO)NCC(N)C(=O)O. The number of rotatable bonds is 6. The molecule has 5 N–H and O–H groups in total. The third kappa shape index (κ3) is 4.82.